The van der Waals surface area contributed by atoms with Gasteiger partial charge in [0, 0.05) is 24.0 Å². The van der Waals surface area contributed by atoms with E-state index in [1.807, 2.05) is 13.1 Å². The van der Waals surface area contributed by atoms with Gasteiger partial charge in [-0.05, 0) is 30.2 Å². The molecule has 5 heteroatoms. The first-order chi connectivity index (χ1) is 8.08. The third-order valence-electron chi connectivity index (χ3n) is 2.84. The number of nitrogens with two attached hydrogens (primary N) is 1. The Morgan fingerprint density at radius 1 is 1.47 bits per heavy atom. The molecule has 17 heavy (non-hydrogen) atoms. The molecule has 0 amide bonds. The molecule has 0 spiro atoms. The van der Waals surface area contributed by atoms with Gasteiger partial charge < -0.3 is 5.73 Å². The van der Waals surface area contributed by atoms with Crippen molar-refractivity contribution in [2.45, 2.75) is 19.4 Å². The Bertz CT molecular complexity index is 521. The zero-order valence-corrected chi connectivity index (χ0v) is 11.5. The smallest absolute Gasteiger partial charge is 0.138 e. The molecule has 0 radical (unpaired) electrons. The van der Waals surface area contributed by atoms with Crippen LogP contribution in [-0.4, -0.2) is 14.8 Å². The number of hydrogen-bond acceptors (Lipinski definition) is 3. The maximum atomic E-state index is 6.21. The fourth-order valence-electron chi connectivity index (χ4n) is 1.87. The van der Waals surface area contributed by atoms with Crippen LogP contribution in [0.2, 0.25) is 0 Å². The van der Waals surface area contributed by atoms with Gasteiger partial charge in [0.25, 0.3) is 0 Å². The van der Waals surface area contributed by atoms with Gasteiger partial charge in [0.2, 0.25) is 0 Å². The molecule has 2 N–H and O–H groups in total. The summed E-state index contributed by atoms with van der Waals surface area (Å²) in [6.07, 6.45) is 2.25. The van der Waals surface area contributed by atoms with E-state index in [0.717, 1.165) is 15.9 Å². The van der Waals surface area contributed by atoms with Crippen molar-refractivity contribution in [3.05, 3.63) is 46.0 Å². The molecule has 0 aliphatic carbocycles. The molecule has 0 aliphatic rings. The maximum absolute atomic E-state index is 6.21. The zero-order chi connectivity index (χ0) is 12.4. The van der Waals surface area contributed by atoms with Gasteiger partial charge in [-0.2, -0.15) is 5.10 Å². The second kappa shape index (κ2) is 4.98. The molecule has 1 aromatic carbocycles. The number of halogens is 1. The van der Waals surface area contributed by atoms with Crippen LogP contribution in [0, 0.1) is 6.92 Å². The van der Waals surface area contributed by atoms with Crippen molar-refractivity contribution in [1.29, 1.82) is 0 Å². The summed E-state index contributed by atoms with van der Waals surface area (Å²) >= 11 is 3.45. The summed E-state index contributed by atoms with van der Waals surface area (Å²) in [6, 6.07) is 6.09. The summed E-state index contributed by atoms with van der Waals surface area (Å²) in [5.74, 6) is 0.903. The molecule has 90 valence electrons. The molecular formula is C12H15BrN4. The summed E-state index contributed by atoms with van der Waals surface area (Å²) < 4.78 is 2.83. The topological polar surface area (TPSA) is 56.7 Å². The Kier molecular flexibility index (Phi) is 3.59. The highest BCUT2D eigenvalue weighted by Gasteiger charge is 2.12. The average molecular weight is 295 g/mol. The number of aromatic nitrogens is 3. The fraction of sp³-hybridized carbons (Fsp3) is 0.333. The first kappa shape index (κ1) is 12.3. The molecular weight excluding hydrogens is 280 g/mol. The predicted octanol–water partition coefficient (Wildman–Crippen LogP) is 2.13. The SMILES string of the molecule is Cc1cc(Br)ccc1C(N)Cc1ncnn1C. The average Bonchev–Trinajstić information content (AvgIpc) is 2.64. The molecule has 1 heterocycles. The van der Waals surface area contributed by atoms with Crippen molar-refractivity contribution >= 4 is 15.9 Å². The fourth-order valence-corrected chi connectivity index (χ4v) is 2.34. The van der Waals surface area contributed by atoms with Crippen molar-refractivity contribution in [2.24, 2.45) is 12.8 Å². The molecule has 0 saturated carbocycles. The lowest BCUT2D eigenvalue weighted by molar-refractivity contribution is 0.627. The lowest BCUT2D eigenvalue weighted by Gasteiger charge is -2.14. The van der Waals surface area contributed by atoms with Crippen LogP contribution in [-0.2, 0) is 13.5 Å². The van der Waals surface area contributed by atoms with Crippen molar-refractivity contribution in [3.63, 3.8) is 0 Å². The number of benzene rings is 1. The van der Waals surface area contributed by atoms with Crippen LogP contribution in [0.25, 0.3) is 0 Å². The summed E-state index contributed by atoms with van der Waals surface area (Å²) in [5.41, 5.74) is 8.55. The van der Waals surface area contributed by atoms with Gasteiger partial charge in [-0.15, -0.1) is 0 Å². The van der Waals surface area contributed by atoms with Gasteiger partial charge in [-0.25, -0.2) is 4.98 Å². The van der Waals surface area contributed by atoms with Crippen molar-refractivity contribution in [1.82, 2.24) is 14.8 Å². The van der Waals surface area contributed by atoms with Crippen molar-refractivity contribution < 1.29 is 0 Å². The van der Waals surface area contributed by atoms with E-state index in [0.29, 0.717) is 6.42 Å². The van der Waals surface area contributed by atoms with Crippen molar-refractivity contribution in [2.75, 3.05) is 0 Å². The van der Waals surface area contributed by atoms with E-state index < -0.39 is 0 Å². The number of nitrogens with zero attached hydrogens (tertiary/aromatic N) is 3. The minimum Gasteiger partial charge on any atom is -0.324 e. The maximum Gasteiger partial charge on any atom is 0.138 e. The predicted molar refractivity (Wildman–Crippen MR) is 70.5 cm³/mol. The minimum absolute atomic E-state index is 0.0500. The van der Waals surface area contributed by atoms with E-state index in [-0.39, 0.29) is 6.04 Å². The number of hydrogen-bond donors (Lipinski definition) is 1. The van der Waals surface area contributed by atoms with Gasteiger partial charge in [0.05, 0.1) is 0 Å². The second-order valence-electron chi connectivity index (χ2n) is 4.11. The molecule has 0 bridgehead atoms. The van der Waals surface area contributed by atoms with Gasteiger partial charge in [0.1, 0.15) is 12.2 Å². The van der Waals surface area contributed by atoms with Crippen LogP contribution >= 0.6 is 15.9 Å². The Morgan fingerprint density at radius 3 is 2.82 bits per heavy atom. The van der Waals surface area contributed by atoms with E-state index in [2.05, 4.69) is 45.1 Å². The lowest BCUT2D eigenvalue weighted by Crippen LogP contribution is -2.17. The van der Waals surface area contributed by atoms with E-state index >= 15 is 0 Å². The molecule has 1 atom stereocenters. The lowest BCUT2D eigenvalue weighted by atomic mass is 9.99. The van der Waals surface area contributed by atoms with Crippen LogP contribution in [0.3, 0.4) is 0 Å². The van der Waals surface area contributed by atoms with Gasteiger partial charge in [-0.3, -0.25) is 4.68 Å². The molecule has 2 aromatic rings. The Labute approximate surface area is 109 Å². The second-order valence-corrected chi connectivity index (χ2v) is 5.03. The van der Waals surface area contributed by atoms with Gasteiger partial charge in [0.15, 0.2) is 0 Å². The zero-order valence-electron chi connectivity index (χ0n) is 9.89. The summed E-state index contributed by atoms with van der Waals surface area (Å²) in [5, 5.41) is 4.04. The Balaban J connectivity index is 2.20. The molecule has 0 saturated heterocycles. The summed E-state index contributed by atoms with van der Waals surface area (Å²) in [7, 11) is 1.88. The Morgan fingerprint density at radius 2 is 2.24 bits per heavy atom. The highest BCUT2D eigenvalue weighted by atomic mass is 79.9. The number of aryl methyl sites for hydroxylation is 2. The van der Waals surface area contributed by atoms with Crippen LogP contribution in [0.5, 0.6) is 0 Å². The van der Waals surface area contributed by atoms with Crippen LogP contribution in [0.4, 0.5) is 0 Å². The standard InChI is InChI=1S/C12H15BrN4/c1-8-5-9(13)3-4-10(8)11(14)6-12-15-7-16-17(12)2/h3-5,7,11H,6,14H2,1-2H3. The molecule has 1 aromatic heterocycles. The van der Waals surface area contributed by atoms with Crippen molar-refractivity contribution in [3.8, 4) is 0 Å². The first-order valence-electron chi connectivity index (χ1n) is 5.42. The third kappa shape index (κ3) is 2.73. The molecule has 4 nitrogen and oxygen atoms in total. The first-order valence-corrected chi connectivity index (χ1v) is 6.21. The highest BCUT2D eigenvalue weighted by Crippen LogP contribution is 2.22. The normalized spacial score (nSPS) is 12.7. The highest BCUT2D eigenvalue weighted by molar-refractivity contribution is 9.10. The Hall–Kier alpha value is -1.20. The monoisotopic (exact) mass is 294 g/mol. The third-order valence-corrected chi connectivity index (χ3v) is 3.33. The van der Waals surface area contributed by atoms with Crippen LogP contribution in [0.15, 0.2) is 29.0 Å². The van der Waals surface area contributed by atoms with Crippen LogP contribution < -0.4 is 5.73 Å². The summed E-state index contributed by atoms with van der Waals surface area (Å²) in [6.45, 7) is 2.07. The molecule has 0 aliphatic heterocycles. The minimum atomic E-state index is -0.0500. The molecule has 2 rings (SSSR count). The van der Waals surface area contributed by atoms with E-state index in [1.54, 1.807) is 11.0 Å². The molecule has 0 fully saturated rings. The molecule has 1 unspecified atom stereocenters. The quantitative estimate of drug-likeness (QED) is 0.943. The van der Waals surface area contributed by atoms with E-state index in [9.17, 15) is 0 Å². The summed E-state index contributed by atoms with van der Waals surface area (Å²) in [4.78, 5) is 4.19. The van der Waals surface area contributed by atoms with Gasteiger partial charge >= 0.3 is 0 Å². The van der Waals surface area contributed by atoms with Gasteiger partial charge in [-0.1, -0.05) is 22.0 Å². The van der Waals surface area contributed by atoms with E-state index in [4.69, 9.17) is 5.73 Å². The largest absolute Gasteiger partial charge is 0.324 e. The van der Waals surface area contributed by atoms with Crippen LogP contribution in [0.1, 0.15) is 23.0 Å². The van der Waals surface area contributed by atoms with E-state index in [1.165, 1.54) is 5.56 Å². The number of rotatable bonds is 3.